The van der Waals surface area contributed by atoms with Crippen molar-refractivity contribution >= 4 is 0 Å². The van der Waals surface area contributed by atoms with Gasteiger partial charge in [-0.05, 0) is 0 Å². The number of methoxy groups -OCH3 is 1. The predicted molar refractivity (Wildman–Crippen MR) is 39.2 cm³/mol. The second-order valence-electron chi connectivity index (χ2n) is 1.63. The first-order chi connectivity index (χ1) is 4.35. The third-order valence-corrected chi connectivity index (χ3v) is 0.971. The van der Waals surface area contributed by atoms with Crippen LogP contribution in [-0.4, -0.2) is 19.9 Å². The van der Waals surface area contributed by atoms with Gasteiger partial charge in [-0.1, -0.05) is 12.2 Å². The standard InChI is InChI=1S/C7H13NO/c1-4-7(5-2)8-6-9-3/h4-5,7-8H,1-2,6H2,3H3. The minimum atomic E-state index is 0.157. The van der Waals surface area contributed by atoms with Crippen LogP contribution in [0.25, 0.3) is 0 Å². The van der Waals surface area contributed by atoms with Crippen LogP contribution in [0.1, 0.15) is 0 Å². The first-order valence-corrected chi connectivity index (χ1v) is 2.82. The molecule has 0 saturated heterocycles. The Bertz CT molecular complexity index is 82.9. The molecule has 0 radical (unpaired) electrons. The SMILES string of the molecule is C=CC(C=C)NCOC. The normalized spacial score (nSPS) is 9.56. The van der Waals surface area contributed by atoms with Gasteiger partial charge in [0.25, 0.3) is 0 Å². The Kier molecular flexibility index (Phi) is 5.17. The Morgan fingerprint density at radius 2 is 2.11 bits per heavy atom. The van der Waals surface area contributed by atoms with E-state index >= 15 is 0 Å². The van der Waals surface area contributed by atoms with Crippen molar-refractivity contribution in [2.24, 2.45) is 0 Å². The average Bonchev–Trinajstić information content (AvgIpc) is 1.91. The molecule has 0 atom stereocenters. The highest BCUT2D eigenvalue weighted by molar-refractivity contribution is 4.97. The van der Waals surface area contributed by atoms with E-state index in [0.717, 1.165) is 0 Å². The molecule has 0 bridgehead atoms. The van der Waals surface area contributed by atoms with Crippen molar-refractivity contribution in [3.8, 4) is 0 Å². The average molecular weight is 127 g/mol. The number of ether oxygens (including phenoxy) is 1. The van der Waals surface area contributed by atoms with Crippen molar-refractivity contribution in [2.75, 3.05) is 13.8 Å². The Morgan fingerprint density at radius 3 is 2.44 bits per heavy atom. The lowest BCUT2D eigenvalue weighted by Gasteiger charge is -2.07. The highest BCUT2D eigenvalue weighted by Crippen LogP contribution is 1.83. The highest BCUT2D eigenvalue weighted by atomic mass is 16.5. The number of nitrogens with one attached hydrogen (secondary N) is 1. The molecule has 2 heteroatoms. The van der Waals surface area contributed by atoms with Gasteiger partial charge in [-0.2, -0.15) is 0 Å². The summed E-state index contributed by atoms with van der Waals surface area (Å²) in [5, 5.41) is 3.01. The molecule has 0 spiro atoms. The van der Waals surface area contributed by atoms with Crippen LogP contribution in [0, 0.1) is 0 Å². The second-order valence-corrected chi connectivity index (χ2v) is 1.63. The van der Waals surface area contributed by atoms with Gasteiger partial charge in [0.15, 0.2) is 0 Å². The molecule has 0 unspecified atom stereocenters. The molecule has 0 aromatic rings. The van der Waals surface area contributed by atoms with Crippen molar-refractivity contribution < 1.29 is 4.74 Å². The third kappa shape index (κ3) is 3.94. The molecule has 0 aromatic heterocycles. The molecule has 1 N–H and O–H groups in total. The fourth-order valence-electron chi connectivity index (χ4n) is 0.442. The molecule has 9 heavy (non-hydrogen) atoms. The molecule has 0 aliphatic heterocycles. The maximum absolute atomic E-state index is 4.77. The molecule has 0 saturated carbocycles. The molecule has 0 aliphatic rings. The fraction of sp³-hybridized carbons (Fsp3) is 0.429. The van der Waals surface area contributed by atoms with Crippen molar-refractivity contribution in [3.63, 3.8) is 0 Å². The summed E-state index contributed by atoms with van der Waals surface area (Å²) in [6, 6.07) is 0.157. The summed E-state index contributed by atoms with van der Waals surface area (Å²) >= 11 is 0. The van der Waals surface area contributed by atoms with E-state index in [1.54, 1.807) is 19.3 Å². The van der Waals surface area contributed by atoms with Crippen LogP contribution >= 0.6 is 0 Å². The van der Waals surface area contributed by atoms with Gasteiger partial charge >= 0.3 is 0 Å². The summed E-state index contributed by atoms with van der Waals surface area (Å²) in [5.41, 5.74) is 0. The first kappa shape index (κ1) is 8.40. The Balaban J connectivity index is 3.30. The molecule has 52 valence electrons. The third-order valence-electron chi connectivity index (χ3n) is 0.971. The van der Waals surface area contributed by atoms with Crippen molar-refractivity contribution in [1.82, 2.24) is 5.32 Å². The van der Waals surface area contributed by atoms with Gasteiger partial charge in [0, 0.05) is 13.2 Å². The molecular weight excluding hydrogens is 114 g/mol. The number of rotatable bonds is 5. The molecule has 2 nitrogen and oxygen atoms in total. The van der Waals surface area contributed by atoms with E-state index in [1.807, 2.05) is 0 Å². The van der Waals surface area contributed by atoms with Gasteiger partial charge < -0.3 is 4.74 Å². The Hall–Kier alpha value is -0.600. The lowest BCUT2D eigenvalue weighted by Crippen LogP contribution is -2.26. The predicted octanol–water partition coefficient (Wildman–Crippen LogP) is 0.920. The zero-order chi connectivity index (χ0) is 7.11. The van der Waals surface area contributed by atoms with Crippen molar-refractivity contribution in [2.45, 2.75) is 6.04 Å². The largest absolute Gasteiger partial charge is 0.370 e. The lowest BCUT2D eigenvalue weighted by atomic mass is 10.3. The molecule has 0 heterocycles. The Morgan fingerprint density at radius 1 is 1.56 bits per heavy atom. The van der Waals surface area contributed by atoms with Crippen LogP contribution in [0.3, 0.4) is 0 Å². The summed E-state index contributed by atoms with van der Waals surface area (Å²) < 4.78 is 4.77. The summed E-state index contributed by atoms with van der Waals surface area (Å²) in [5.74, 6) is 0. The second kappa shape index (κ2) is 5.54. The van der Waals surface area contributed by atoms with Crippen molar-refractivity contribution in [3.05, 3.63) is 25.3 Å². The lowest BCUT2D eigenvalue weighted by molar-refractivity contribution is 0.173. The van der Waals surface area contributed by atoms with E-state index in [2.05, 4.69) is 18.5 Å². The fourth-order valence-corrected chi connectivity index (χ4v) is 0.442. The van der Waals surface area contributed by atoms with E-state index in [1.165, 1.54) is 0 Å². The van der Waals surface area contributed by atoms with E-state index in [0.29, 0.717) is 6.73 Å². The first-order valence-electron chi connectivity index (χ1n) is 2.82. The molecule has 0 aromatic carbocycles. The molecular formula is C7H13NO. The van der Waals surface area contributed by atoms with Gasteiger partial charge in [0.2, 0.25) is 0 Å². The van der Waals surface area contributed by atoms with E-state index in [-0.39, 0.29) is 6.04 Å². The minimum absolute atomic E-state index is 0.157. The maximum atomic E-state index is 4.77. The quantitative estimate of drug-likeness (QED) is 0.438. The summed E-state index contributed by atoms with van der Waals surface area (Å²) in [6.07, 6.45) is 3.54. The summed E-state index contributed by atoms with van der Waals surface area (Å²) in [4.78, 5) is 0. The van der Waals surface area contributed by atoms with Crippen LogP contribution in [0.4, 0.5) is 0 Å². The van der Waals surface area contributed by atoms with Gasteiger partial charge in [-0.3, -0.25) is 5.32 Å². The van der Waals surface area contributed by atoms with E-state index < -0.39 is 0 Å². The van der Waals surface area contributed by atoms with Crippen molar-refractivity contribution in [1.29, 1.82) is 0 Å². The van der Waals surface area contributed by atoms with Crippen LogP contribution in [0.5, 0.6) is 0 Å². The monoisotopic (exact) mass is 127 g/mol. The molecule has 0 rings (SSSR count). The van der Waals surface area contributed by atoms with Gasteiger partial charge in [0.1, 0.15) is 0 Å². The Labute approximate surface area is 56.2 Å². The zero-order valence-corrected chi connectivity index (χ0v) is 5.76. The maximum Gasteiger partial charge on any atom is 0.0968 e. The van der Waals surface area contributed by atoms with Gasteiger partial charge in [-0.25, -0.2) is 0 Å². The topological polar surface area (TPSA) is 21.3 Å². The zero-order valence-electron chi connectivity index (χ0n) is 5.76. The highest BCUT2D eigenvalue weighted by Gasteiger charge is 1.92. The van der Waals surface area contributed by atoms with Crippen LogP contribution in [0.15, 0.2) is 25.3 Å². The van der Waals surface area contributed by atoms with Crippen LogP contribution in [-0.2, 0) is 4.74 Å². The summed E-state index contributed by atoms with van der Waals surface area (Å²) in [7, 11) is 1.64. The van der Waals surface area contributed by atoms with Crippen LogP contribution < -0.4 is 5.32 Å². The number of hydrogen-bond acceptors (Lipinski definition) is 2. The van der Waals surface area contributed by atoms with E-state index in [9.17, 15) is 0 Å². The minimum Gasteiger partial charge on any atom is -0.370 e. The number of hydrogen-bond donors (Lipinski definition) is 1. The van der Waals surface area contributed by atoms with Gasteiger partial charge in [-0.15, -0.1) is 13.2 Å². The molecule has 0 fully saturated rings. The smallest absolute Gasteiger partial charge is 0.0968 e. The van der Waals surface area contributed by atoms with Crippen LogP contribution in [0.2, 0.25) is 0 Å². The molecule has 0 amide bonds. The van der Waals surface area contributed by atoms with Gasteiger partial charge in [0.05, 0.1) is 6.73 Å². The molecule has 0 aliphatic carbocycles. The summed E-state index contributed by atoms with van der Waals surface area (Å²) in [6.45, 7) is 7.72. The van der Waals surface area contributed by atoms with E-state index in [4.69, 9.17) is 4.74 Å².